The molecule has 0 amide bonds. The van der Waals surface area contributed by atoms with E-state index in [0.29, 0.717) is 26.7 Å². The van der Waals surface area contributed by atoms with Gasteiger partial charge in [-0.15, -0.1) is 0 Å². The van der Waals surface area contributed by atoms with Crippen molar-refractivity contribution in [3.63, 3.8) is 0 Å². The molecule has 0 aliphatic rings. The van der Waals surface area contributed by atoms with Crippen LogP contribution in [0.15, 0.2) is 36.4 Å². The van der Waals surface area contributed by atoms with Crippen molar-refractivity contribution < 1.29 is 9.66 Å². The molecule has 0 saturated heterocycles. The van der Waals surface area contributed by atoms with E-state index in [1.54, 1.807) is 18.2 Å². The zero-order valence-corrected chi connectivity index (χ0v) is 13.8. The molecular weight excluding hydrogens is 381 g/mol. The molecule has 0 bridgehead atoms. The summed E-state index contributed by atoms with van der Waals surface area (Å²) in [5.41, 5.74) is 1.55. The second-order valence-corrected chi connectivity index (χ2v) is 5.61. The van der Waals surface area contributed by atoms with Crippen molar-refractivity contribution >= 4 is 44.8 Å². The summed E-state index contributed by atoms with van der Waals surface area (Å²) in [5.74, 6) is 0.686. The monoisotopic (exact) mass is 389 g/mol. The summed E-state index contributed by atoms with van der Waals surface area (Å²) in [4.78, 5) is 10.2. The first-order valence-electron chi connectivity index (χ1n) is 5.91. The van der Waals surface area contributed by atoms with Crippen LogP contribution in [-0.4, -0.2) is 4.92 Å². The molecule has 7 heteroatoms. The average molecular weight is 391 g/mol. The van der Waals surface area contributed by atoms with Gasteiger partial charge in [-0.2, -0.15) is 0 Å². The molecule has 110 valence electrons. The third-order valence-corrected chi connectivity index (χ3v) is 3.99. The fourth-order valence-corrected chi connectivity index (χ4v) is 2.58. The van der Waals surface area contributed by atoms with Gasteiger partial charge in [0.05, 0.1) is 9.95 Å². The molecule has 0 aromatic heterocycles. The van der Waals surface area contributed by atoms with Crippen LogP contribution in [0.25, 0.3) is 0 Å². The highest BCUT2D eigenvalue weighted by Crippen LogP contribution is 2.28. The number of nitro benzene ring substituents is 1. The molecule has 0 N–H and O–H groups in total. The highest BCUT2D eigenvalue weighted by Gasteiger charge is 2.11. The Bertz CT molecular complexity index is 679. The molecule has 0 fully saturated rings. The lowest BCUT2D eigenvalue weighted by Crippen LogP contribution is -1.99. The number of alkyl halides is 1. The molecule has 0 radical (unpaired) electrons. The van der Waals surface area contributed by atoms with Gasteiger partial charge in [0.1, 0.15) is 12.4 Å². The Balaban J connectivity index is 2.15. The van der Waals surface area contributed by atoms with Crippen LogP contribution in [-0.2, 0) is 11.9 Å². The number of nitrogens with zero attached hydrogens (tertiary/aromatic N) is 1. The van der Waals surface area contributed by atoms with Gasteiger partial charge in [-0.1, -0.05) is 39.1 Å². The van der Waals surface area contributed by atoms with Crippen molar-refractivity contribution in [1.29, 1.82) is 0 Å². The molecule has 0 aliphatic heterocycles. The quantitative estimate of drug-likeness (QED) is 0.391. The van der Waals surface area contributed by atoms with Crippen LogP contribution < -0.4 is 4.74 Å². The molecule has 2 aromatic carbocycles. The van der Waals surface area contributed by atoms with Crippen LogP contribution in [0.2, 0.25) is 10.0 Å². The molecule has 21 heavy (non-hydrogen) atoms. The van der Waals surface area contributed by atoms with Crippen molar-refractivity contribution in [2.75, 3.05) is 0 Å². The summed E-state index contributed by atoms with van der Waals surface area (Å²) < 4.78 is 5.71. The third kappa shape index (κ3) is 4.09. The topological polar surface area (TPSA) is 52.4 Å². The molecule has 0 atom stereocenters. The maximum absolute atomic E-state index is 10.7. The molecular formula is C14H10BrCl2NO3. The number of non-ortho nitro benzene ring substituents is 1. The Labute approximate surface area is 139 Å². The van der Waals surface area contributed by atoms with Crippen LogP contribution in [0, 0.1) is 10.1 Å². The predicted octanol–water partition coefficient (Wildman–Crippen LogP) is 5.38. The van der Waals surface area contributed by atoms with E-state index in [9.17, 15) is 10.1 Å². The second-order valence-electron chi connectivity index (χ2n) is 4.21. The van der Waals surface area contributed by atoms with Crippen molar-refractivity contribution in [3.8, 4) is 5.75 Å². The first kappa shape index (κ1) is 16.1. The summed E-state index contributed by atoms with van der Waals surface area (Å²) in [6.07, 6.45) is 0. The smallest absolute Gasteiger partial charge is 0.270 e. The van der Waals surface area contributed by atoms with Crippen LogP contribution in [0.5, 0.6) is 5.75 Å². The van der Waals surface area contributed by atoms with Gasteiger partial charge < -0.3 is 4.74 Å². The molecule has 4 nitrogen and oxygen atoms in total. The van der Waals surface area contributed by atoms with Crippen molar-refractivity contribution in [2.24, 2.45) is 0 Å². The number of nitro groups is 1. The van der Waals surface area contributed by atoms with Crippen molar-refractivity contribution in [2.45, 2.75) is 11.9 Å². The summed E-state index contributed by atoms with van der Waals surface area (Å²) in [6.45, 7) is 0.221. The van der Waals surface area contributed by atoms with Gasteiger partial charge in [-0.05, 0) is 24.3 Å². The molecule has 0 saturated carbocycles. The van der Waals surface area contributed by atoms with E-state index in [-0.39, 0.29) is 12.3 Å². The highest BCUT2D eigenvalue weighted by molar-refractivity contribution is 9.08. The Hall–Kier alpha value is -1.30. The first-order chi connectivity index (χ1) is 10.0. The summed E-state index contributed by atoms with van der Waals surface area (Å²) in [5, 5.41) is 12.2. The number of rotatable bonds is 5. The molecule has 0 heterocycles. The normalized spacial score (nSPS) is 10.4. The Morgan fingerprint density at radius 1 is 1.14 bits per heavy atom. The Morgan fingerprint density at radius 3 is 2.52 bits per heavy atom. The van der Waals surface area contributed by atoms with E-state index in [1.165, 1.54) is 12.1 Å². The van der Waals surface area contributed by atoms with E-state index >= 15 is 0 Å². The minimum absolute atomic E-state index is 0.0450. The molecule has 0 spiro atoms. The lowest BCUT2D eigenvalue weighted by molar-refractivity contribution is -0.384. The number of halogens is 3. The van der Waals surface area contributed by atoms with Crippen molar-refractivity contribution in [3.05, 3.63) is 67.7 Å². The van der Waals surface area contributed by atoms with Gasteiger partial charge in [0.15, 0.2) is 0 Å². The average Bonchev–Trinajstić information content (AvgIpc) is 2.46. The van der Waals surface area contributed by atoms with Gasteiger partial charge in [0, 0.05) is 33.6 Å². The molecule has 0 unspecified atom stereocenters. The number of benzene rings is 2. The van der Waals surface area contributed by atoms with Gasteiger partial charge in [-0.3, -0.25) is 10.1 Å². The van der Waals surface area contributed by atoms with Gasteiger partial charge in [0.25, 0.3) is 5.69 Å². The Morgan fingerprint density at radius 2 is 1.90 bits per heavy atom. The largest absolute Gasteiger partial charge is 0.489 e. The van der Waals surface area contributed by atoms with E-state index in [1.807, 2.05) is 6.07 Å². The highest BCUT2D eigenvalue weighted by atomic mass is 79.9. The van der Waals surface area contributed by atoms with E-state index in [2.05, 4.69) is 15.9 Å². The standard InChI is InChI=1S/C14H10BrCl2NO3/c15-7-10-5-11(16)2-4-14(10)21-8-9-1-3-12(18(19)20)6-13(9)17/h1-6H,7-8H2. The van der Waals surface area contributed by atoms with Gasteiger partial charge in [-0.25, -0.2) is 0 Å². The van der Waals surface area contributed by atoms with E-state index in [4.69, 9.17) is 27.9 Å². The summed E-state index contributed by atoms with van der Waals surface area (Å²) >= 11 is 15.3. The maximum Gasteiger partial charge on any atom is 0.270 e. The number of ether oxygens (including phenoxy) is 1. The van der Waals surface area contributed by atoms with E-state index in [0.717, 1.165) is 5.56 Å². The number of hydrogen-bond acceptors (Lipinski definition) is 3. The van der Waals surface area contributed by atoms with Crippen molar-refractivity contribution in [1.82, 2.24) is 0 Å². The van der Waals surface area contributed by atoms with Gasteiger partial charge in [0.2, 0.25) is 0 Å². The van der Waals surface area contributed by atoms with E-state index < -0.39 is 4.92 Å². The summed E-state index contributed by atoms with van der Waals surface area (Å²) in [6, 6.07) is 9.62. The minimum Gasteiger partial charge on any atom is -0.489 e. The molecule has 0 aliphatic carbocycles. The Kier molecular flexibility index (Phi) is 5.45. The van der Waals surface area contributed by atoms with Crippen LogP contribution in [0.1, 0.15) is 11.1 Å². The maximum atomic E-state index is 10.7. The lowest BCUT2D eigenvalue weighted by atomic mass is 10.2. The lowest BCUT2D eigenvalue weighted by Gasteiger charge is -2.11. The van der Waals surface area contributed by atoms with Crippen LogP contribution in [0.4, 0.5) is 5.69 Å². The molecule has 2 rings (SSSR count). The first-order valence-corrected chi connectivity index (χ1v) is 7.79. The fourth-order valence-electron chi connectivity index (χ4n) is 1.72. The summed E-state index contributed by atoms with van der Waals surface area (Å²) in [7, 11) is 0. The zero-order valence-electron chi connectivity index (χ0n) is 10.7. The zero-order chi connectivity index (χ0) is 15.4. The third-order valence-electron chi connectivity index (χ3n) is 2.80. The molecule has 2 aromatic rings. The van der Waals surface area contributed by atoms with Gasteiger partial charge >= 0.3 is 0 Å². The number of hydrogen-bond donors (Lipinski definition) is 0. The predicted molar refractivity (Wildman–Crippen MR) is 86.5 cm³/mol. The van der Waals surface area contributed by atoms with Crippen LogP contribution in [0.3, 0.4) is 0 Å². The minimum atomic E-state index is -0.487. The SMILES string of the molecule is O=[N+]([O-])c1ccc(COc2ccc(Cl)cc2CBr)c(Cl)c1. The second kappa shape index (κ2) is 7.11. The fraction of sp³-hybridized carbons (Fsp3) is 0.143. The van der Waals surface area contributed by atoms with Crippen LogP contribution >= 0.6 is 39.1 Å².